The Balaban J connectivity index is 1.84. The van der Waals surface area contributed by atoms with Gasteiger partial charge in [-0.3, -0.25) is 4.79 Å². The van der Waals surface area contributed by atoms with Crippen LogP contribution in [0.3, 0.4) is 0 Å². The third-order valence-electron chi connectivity index (χ3n) is 3.36. The Kier molecular flexibility index (Phi) is 5.15. The number of hydrogen-bond donors (Lipinski definition) is 1. The molecule has 3 nitrogen and oxygen atoms in total. The summed E-state index contributed by atoms with van der Waals surface area (Å²) in [5.74, 6) is 0.348. The molecule has 0 radical (unpaired) electrons. The van der Waals surface area contributed by atoms with Crippen molar-refractivity contribution in [3.05, 3.63) is 66.0 Å². The molecule has 0 saturated carbocycles. The van der Waals surface area contributed by atoms with Crippen molar-refractivity contribution in [2.45, 2.75) is 25.8 Å². The van der Waals surface area contributed by atoms with Crippen LogP contribution in [0.1, 0.15) is 25.8 Å². The number of nitrogens with one attached hydrogen (secondary N) is 1. The fourth-order valence-corrected chi connectivity index (χ4v) is 2.13. The molecule has 2 aromatic carbocycles. The predicted octanol–water partition coefficient (Wildman–Crippen LogP) is 3.65. The first kappa shape index (κ1) is 16.0. The van der Waals surface area contributed by atoms with Crippen LogP contribution in [0.4, 0.5) is 4.39 Å². The molecule has 2 aromatic rings. The van der Waals surface area contributed by atoms with Gasteiger partial charge in [0.2, 0.25) is 5.91 Å². The highest BCUT2D eigenvalue weighted by Crippen LogP contribution is 2.20. The maximum Gasteiger partial charge on any atom is 0.224 e. The minimum absolute atomic E-state index is 0.106. The van der Waals surface area contributed by atoms with Gasteiger partial charge in [0.25, 0.3) is 0 Å². The Hall–Kier alpha value is -2.36. The minimum Gasteiger partial charge on any atom is -0.493 e. The van der Waals surface area contributed by atoms with Crippen molar-refractivity contribution in [3.8, 4) is 5.75 Å². The van der Waals surface area contributed by atoms with E-state index in [9.17, 15) is 9.18 Å². The SMILES string of the molecule is CC(C)(NC(=O)CCOc1ccccc1)c1ccc(F)cc1. The molecule has 0 bridgehead atoms. The van der Waals surface area contributed by atoms with E-state index in [2.05, 4.69) is 5.32 Å². The van der Waals surface area contributed by atoms with E-state index >= 15 is 0 Å². The second-order valence-corrected chi connectivity index (χ2v) is 5.59. The summed E-state index contributed by atoms with van der Waals surface area (Å²) in [6.45, 7) is 4.09. The van der Waals surface area contributed by atoms with Crippen molar-refractivity contribution in [1.82, 2.24) is 5.32 Å². The molecule has 4 heteroatoms. The zero-order valence-corrected chi connectivity index (χ0v) is 12.8. The third kappa shape index (κ3) is 4.58. The Bertz CT molecular complexity index is 609. The minimum atomic E-state index is -0.558. The first-order valence-corrected chi connectivity index (χ1v) is 7.22. The molecule has 0 aliphatic rings. The molecule has 1 N–H and O–H groups in total. The van der Waals surface area contributed by atoms with Crippen LogP contribution < -0.4 is 10.1 Å². The van der Waals surface area contributed by atoms with E-state index < -0.39 is 5.54 Å². The average Bonchev–Trinajstić information content (AvgIpc) is 2.48. The standard InChI is InChI=1S/C18H20FNO2/c1-18(2,14-8-10-15(19)11-9-14)20-17(21)12-13-22-16-6-4-3-5-7-16/h3-11H,12-13H2,1-2H3,(H,20,21). The molecule has 0 unspecified atom stereocenters. The molecule has 22 heavy (non-hydrogen) atoms. The van der Waals surface area contributed by atoms with Crippen molar-refractivity contribution in [2.24, 2.45) is 0 Å². The topological polar surface area (TPSA) is 38.3 Å². The summed E-state index contributed by atoms with van der Waals surface area (Å²) in [5.41, 5.74) is 0.295. The van der Waals surface area contributed by atoms with Gasteiger partial charge in [0.1, 0.15) is 11.6 Å². The number of ether oxygens (including phenoxy) is 1. The molecular weight excluding hydrogens is 281 g/mol. The Morgan fingerprint density at radius 2 is 1.73 bits per heavy atom. The zero-order valence-electron chi connectivity index (χ0n) is 12.8. The summed E-state index contributed by atoms with van der Waals surface area (Å²) in [6, 6.07) is 15.5. The van der Waals surface area contributed by atoms with Crippen LogP contribution in [0.15, 0.2) is 54.6 Å². The molecule has 0 aliphatic carbocycles. The maximum atomic E-state index is 13.0. The molecule has 0 spiro atoms. The number of hydrogen-bond acceptors (Lipinski definition) is 2. The molecule has 1 amide bonds. The molecule has 0 aliphatic heterocycles. The Morgan fingerprint density at radius 1 is 1.09 bits per heavy atom. The number of amides is 1. The molecule has 2 rings (SSSR count). The van der Waals surface area contributed by atoms with Crippen LogP contribution in [0.5, 0.6) is 5.75 Å². The van der Waals surface area contributed by atoms with Crippen molar-refractivity contribution in [2.75, 3.05) is 6.61 Å². The highest BCUT2D eigenvalue weighted by Gasteiger charge is 2.22. The van der Waals surface area contributed by atoms with E-state index in [0.717, 1.165) is 11.3 Å². The maximum absolute atomic E-state index is 13.0. The highest BCUT2D eigenvalue weighted by molar-refractivity contribution is 5.77. The third-order valence-corrected chi connectivity index (χ3v) is 3.36. The summed E-state index contributed by atoms with van der Waals surface area (Å²) < 4.78 is 18.5. The normalized spacial score (nSPS) is 11.0. The molecule has 0 fully saturated rings. The Labute approximate surface area is 130 Å². The van der Waals surface area contributed by atoms with Crippen molar-refractivity contribution in [1.29, 1.82) is 0 Å². The first-order chi connectivity index (χ1) is 10.5. The van der Waals surface area contributed by atoms with Gasteiger partial charge in [0.15, 0.2) is 0 Å². The summed E-state index contributed by atoms with van der Waals surface area (Å²) in [7, 11) is 0. The molecular formula is C18H20FNO2. The van der Waals surface area contributed by atoms with E-state index in [1.165, 1.54) is 12.1 Å². The summed E-state index contributed by atoms with van der Waals surface area (Å²) in [5, 5.41) is 2.94. The highest BCUT2D eigenvalue weighted by atomic mass is 19.1. The summed E-state index contributed by atoms with van der Waals surface area (Å²) in [4.78, 5) is 12.0. The van der Waals surface area contributed by atoms with Crippen LogP contribution in [0, 0.1) is 5.82 Å². The molecule has 116 valence electrons. The number of carbonyl (C=O) groups is 1. The van der Waals surface area contributed by atoms with E-state index in [-0.39, 0.29) is 18.1 Å². The number of carbonyl (C=O) groups excluding carboxylic acids is 1. The molecule has 0 heterocycles. The number of halogens is 1. The lowest BCUT2D eigenvalue weighted by Gasteiger charge is -2.27. The summed E-state index contributed by atoms with van der Waals surface area (Å²) >= 11 is 0. The van der Waals surface area contributed by atoms with Gasteiger partial charge < -0.3 is 10.1 Å². The van der Waals surface area contributed by atoms with Gasteiger partial charge in [0.05, 0.1) is 18.6 Å². The fourth-order valence-electron chi connectivity index (χ4n) is 2.13. The van der Waals surface area contributed by atoms with Gasteiger partial charge in [-0.15, -0.1) is 0 Å². The molecule has 0 aromatic heterocycles. The van der Waals surface area contributed by atoms with Crippen LogP contribution >= 0.6 is 0 Å². The predicted molar refractivity (Wildman–Crippen MR) is 84.1 cm³/mol. The number of rotatable bonds is 6. The quantitative estimate of drug-likeness (QED) is 0.884. The van der Waals surface area contributed by atoms with Gasteiger partial charge in [-0.1, -0.05) is 30.3 Å². The van der Waals surface area contributed by atoms with E-state index in [1.54, 1.807) is 12.1 Å². The molecule has 0 saturated heterocycles. The Morgan fingerprint density at radius 3 is 2.36 bits per heavy atom. The van der Waals surface area contributed by atoms with E-state index in [1.807, 2.05) is 44.2 Å². The van der Waals surface area contributed by atoms with Crippen LogP contribution in [0.2, 0.25) is 0 Å². The monoisotopic (exact) mass is 301 g/mol. The van der Waals surface area contributed by atoms with Gasteiger partial charge in [-0.2, -0.15) is 0 Å². The van der Waals surface area contributed by atoms with Crippen LogP contribution in [-0.2, 0) is 10.3 Å². The van der Waals surface area contributed by atoms with E-state index in [4.69, 9.17) is 4.74 Å². The fraction of sp³-hybridized carbons (Fsp3) is 0.278. The van der Waals surface area contributed by atoms with Gasteiger partial charge >= 0.3 is 0 Å². The summed E-state index contributed by atoms with van der Waals surface area (Å²) in [6.07, 6.45) is 0.263. The van der Waals surface area contributed by atoms with Gasteiger partial charge in [0, 0.05) is 0 Å². The lowest BCUT2D eigenvalue weighted by atomic mass is 9.94. The largest absolute Gasteiger partial charge is 0.493 e. The zero-order chi connectivity index (χ0) is 16.0. The van der Waals surface area contributed by atoms with Crippen molar-refractivity contribution in [3.63, 3.8) is 0 Å². The van der Waals surface area contributed by atoms with Crippen LogP contribution in [0.25, 0.3) is 0 Å². The average molecular weight is 301 g/mol. The van der Waals surface area contributed by atoms with Gasteiger partial charge in [-0.05, 0) is 43.7 Å². The number of para-hydroxylation sites is 1. The van der Waals surface area contributed by atoms with E-state index in [0.29, 0.717) is 6.61 Å². The number of benzene rings is 2. The second-order valence-electron chi connectivity index (χ2n) is 5.59. The van der Waals surface area contributed by atoms with Crippen LogP contribution in [-0.4, -0.2) is 12.5 Å². The smallest absolute Gasteiger partial charge is 0.224 e. The second kappa shape index (κ2) is 7.07. The first-order valence-electron chi connectivity index (χ1n) is 7.22. The van der Waals surface area contributed by atoms with Crippen molar-refractivity contribution >= 4 is 5.91 Å². The lowest BCUT2D eigenvalue weighted by molar-refractivity contribution is -0.123. The van der Waals surface area contributed by atoms with Gasteiger partial charge in [-0.25, -0.2) is 4.39 Å². The molecule has 0 atom stereocenters. The van der Waals surface area contributed by atoms with Crippen molar-refractivity contribution < 1.29 is 13.9 Å². The lowest BCUT2D eigenvalue weighted by Crippen LogP contribution is -2.41.